The third-order valence-electron chi connectivity index (χ3n) is 4.90. The highest BCUT2D eigenvalue weighted by molar-refractivity contribution is 9.10. The minimum atomic E-state index is 0.957. The van der Waals surface area contributed by atoms with E-state index in [0.29, 0.717) is 0 Å². The van der Waals surface area contributed by atoms with Gasteiger partial charge in [-0.05, 0) is 47.5 Å². The molecule has 0 N–H and O–H groups in total. The molecule has 0 atom stereocenters. The normalized spacial score (nSPS) is 11.0. The quantitative estimate of drug-likeness (QED) is 0.301. The lowest BCUT2D eigenvalue weighted by Gasteiger charge is -2.11. The molecule has 5 aromatic rings. The van der Waals surface area contributed by atoms with Gasteiger partial charge in [-0.1, -0.05) is 82.7 Å². The minimum Gasteiger partial charge on any atom is -0.292 e. The van der Waals surface area contributed by atoms with Crippen LogP contribution in [0.4, 0.5) is 0 Å². The maximum atomic E-state index is 4.91. The molecular formula is C25H17BrN2. The van der Waals surface area contributed by atoms with E-state index in [1.807, 2.05) is 12.1 Å². The van der Waals surface area contributed by atoms with Crippen molar-refractivity contribution in [1.82, 2.24) is 9.55 Å². The highest BCUT2D eigenvalue weighted by Crippen LogP contribution is 2.30. The van der Waals surface area contributed by atoms with Gasteiger partial charge in [-0.25, -0.2) is 4.98 Å². The van der Waals surface area contributed by atoms with Crippen LogP contribution in [0.25, 0.3) is 39.2 Å². The van der Waals surface area contributed by atoms with Gasteiger partial charge in [0.15, 0.2) is 0 Å². The van der Waals surface area contributed by atoms with Crippen LogP contribution in [-0.2, 0) is 0 Å². The number of nitrogens with zero attached hydrogens (tertiary/aromatic N) is 2. The lowest BCUT2D eigenvalue weighted by atomic mass is 10.1. The summed E-state index contributed by atoms with van der Waals surface area (Å²) in [4.78, 5) is 4.91. The van der Waals surface area contributed by atoms with Crippen LogP contribution in [0.5, 0.6) is 0 Å². The summed E-state index contributed by atoms with van der Waals surface area (Å²) in [6.07, 6.45) is 0. The van der Waals surface area contributed by atoms with Crippen molar-refractivity contribution in [1.29, 1.82) is 0 Å². The van der Waals surface area contributed by atoms with Crippen molar-refractivity contribution in [2.75, 3.05) is 0 Å². The van der Waals surface area contributed by atoms with Gasteiger partial charge in [0, 0.05) is 15.7 Å². The van der Waals surface area contributed by atoms with Crippen molar-refractivity contribution in [3.05, 3.63) is 108 Å². The standard InChI is InChI=1S/C25H17BrN2/c26-21-14-10-18(11-15-21)19-12-16-22(17-13-19)28-24-9-5-4-8-23(24)27-25(28)20-6-2-1-3-7-20/h1-17H. The summed E-state index contributed by atoms with van der Waals surface area (Å²) in [5, 5.41) is 0. The first-order chi connectivity index (χ1) is 13.8. The smallest absolute Gasteiger partial charge is 0.145 e. The minimum absolute atomic E-state index is 0.957. The van der Waals surface area contributed by atoms with E-state index in [2.05, 4.69) is 111 Å². The summed E-state index contributed by atoms with van der Waals surface area (Å²) in [6, 6.07) is 35.7. The fourth-order valence-electron chi connectivity index (χ4n) is 3.51. The van der Waals surface area contributed by atoms with E-state index in [1.54, 1.807) is 0 Å². The maximum absolute atomic E-state index is 4.91. The molecule has 0 aliphatic carbocycles. The number of aromatic nitrogens is 2. The second-order valence-electron chi connectivity index (χ2n) is 6.68. The van der Waals surface area contributed by atoms with Crippen LogP contribution < -0.4 is 0 Å². The van der Waals surface area contributed by atoms with E-state index < -0.39 is 0 Å². The number of para-hydroxylation sites is 2. The van der Waals surface area contributed by atoms with Gasteiger partial charge in [0.2, 0.25) is 0 Å². The first-order valence-electron chi connectivity index (χ1n) is 9.19. The molecule has 134 valence electrons. The molecule has 1 aromatic heterocycles. The van der Waals surface area contributed by atoms with Crippen molar-refractivity contribution >= 4 is 27.0 Å². The van der Waals surface area contributed by atoms with Crippen molar-refractivity contribution in [2.45, 2.75) is 0 Å². The molecule has 0 fully saturated rings. The predicted molar refractivity (Wildman–Crippen MR) is 120 cm³/mol. The average Bonchev–Trinajstić information content (AvgIpc) is 3.15. The van der Waals surface area contributed by atoms with Gasteiger partial charge < -0.3 is 0 Å². The molecule has 0 unspecified atom stereocenters. The first-order valence-corrected chi connectivity index (χ1v) is 9.98. The van der Waals surface area contributed by atoms with Crippen LogP contribution in [0.3, 0.4) is 0 Å². The Bertz CT molecular complexity index is 1240. The molecule has 1 heterocycles. The molecule has 3 heteroatoms. The van der Waals surface area contributed by atoms with Crippen molar-refractivity contribution < 1.29 is 0 Å². The second kappa shape index (κ2) is 7.10. The van der Waals surface area contributed by atoms with Crippen LogP contribution >= 0.6 is 15.9 Å². The van der Waals surface area contributed by atoms with Gasteiger partial charge in [-0.3, -0.25) is 4.57 Å². The van der Waals surface area contributed by atoms with Gasteiger partial charge >= 0.3 is 0 Å². The zero-order valence-electron chi connectivity index (χ0n) is 15.1. The Labute approximate surface area is 172 Å². The monoisotopic (exact) mass is 424 g/mol. The zero-order chi connectivity index (χ0) is 18.9. The Morgan fingerprint density at radius 3 is 1.89 bits per heavy atom. The zero-order valence-corrected chi connectivity index (χ0v) is 16.7. The topological polar surface area (TPSA) is 17.8 Å². The Morgan fingerprint density at radius 1 is 0.571 bits per heavy atom. The summed E-state index contributed by atoms with van der Waals surface area (Å²) in [7, 11) is 0. The van der Waals surface area contributed by atoms with Crippen LogP contribution in [0.15, 0.2) is 108 Å². The molecule has 0 aliphatic rings. The lowest BCUT2D eigenvalue weighted by molar-refractivity contribution is 1.10. The Balaban J connectivity index is 1.65. The van der Waals surface area contributed by atoms with E-state index in [9.17, 15) is 0 Å². The van der Waals surface area contributed by atoms with Crippen LogP contribution in [-0.4, -0.2) is 9.55 Å². The third kappa shape index (κ3) is 3.04. The van der Waals surface area contributed by atoms with Crippen molar-refractivity contribution in [2.24, 2.45) is 0 Å². The average molecular weight is 425 g/mol. The third-order valence-corrected chi connectivity index (χ3v) is 5.42. The van der Waals surface area contributed by atoms with E-state index in [-0.39, 0.29) is 0 Å². The van der Waals surface area contributed by atoms with Gasteiger partial charge in [-0.2, -0.15) is 0 Å². The largest absolute Gasteiger partial charge is 0.292 e. The maximum Gasteiger partial charge on any atom is 0.145 e. The van der Waals surface area contributed by atoms with E-state index >= 15 is 0 Å². The molecular weight excluding hydrogens is 408 g/mol. The SMILES string of the molecule is Brc1ccc(-c2ccc(-n3c(-c4ccccc4)nc4ccccc43)cc2)cc1. The first kappa shape index (κ1) is 17.0. The van der Waals surface area contributed by atoms with Crippen LogP contribution in [0.2, 0.25) is 0 Å². The lowest BCUT2D eigenvalue weighted by Crippen LogP contribution is -1.97. The number of hydrogen-bond donors (Lipinski definition) is 0. The summed E-state index contributed by atoms with van der Waals surface area (Å²) in [5.74, 6) is 0.957. The predicted octanol–water partition coefficient (Wildman–Crippen LogP) is 7.12. The van der Waals surface area contributed by atoms with E-state index in [0.717, 1.165) is 32.6 Å². The number of rotatable bonds is 3. The van der Waals surface area contributed by atoms with Gasteiger partial charge in [-0.15, -0.1) is 0 Å². The summed E-state index contributed by atoms with van der Waals surface area (Å²) < 4.78 is 3.32. The molecule has 0 saturated carbocycles. The van der Waals surface area contributed by atoms with E-state index in [4.69, 9.17) is 4.98 Å². The van der Waals surface area contributed by atoms with E-state index in [1.165, 1.54) is 11.1 Å². The summed E-state index contributed by atoms with van der Waals surface area (Å²) >= 11 is 3.50. The number of imidazole rings is 1. The van der Waals surface area contributed by atoms with Gasteiger partial charge in [0.25, 0.3) is 0 Å². The Morgan fingerprint density at radius 2 is 1.18 bits per heavy atom. The number of hydrogen-bond acceptors (Lipinski definition) is 1. The molecule has 0 aliphatic heterocycles. The second-order valence-corrected chi connectivity index (χ2v) is 7.60. The van der Waals surface area contributed by atoms with Crippen LogP contribution in [0, 0.1) is 0 Å². The Kier molecular flexibility index (Phi) is 4.30. The summed E-state index contributed by atoms with van der Waals surface area (Å²) in [6.45, 7) is 0. The van der Waals surface area contributed by atoms with Crippen molar-refractivity contribution in [3.8, 4) is 28.2 Å². The fraction of sp³-hybridized carbons (Fsp3) is 0. The van der Waals surface area contributed by atoms with Crippen molar-refractivity contribution in [3.63, 3.8) is 0 Å². The molecule has 0 spiro atoms. The summed E-state index contributed by atoms with van der Waals surface area (Å²) in [5.41, 5.74) is 6.72. The number of fused-ring (bicyclic) bond motifs is 1. The van der Waals surface area contributed by atoms with Crippen LogP contribution in [0.1, 0.15) is 0 Å². The van der Waals surface area contributed by atoms with Gasteiger partial charge in [0.1, 0.15) is 5.82 Å². The number of benzene rings is 4. The molecule has 2 nitrogen and oxygen atoms in total. The molecule has 5 rings (SSSR count). The van der Waals surface area contributed by atoms with Gasteiger partial charge in [0.05, 0.1) is 11.0 Å². The highest BCUT2D eigenvalue weighted by Gasteiger charge is 2.13. The Hall–Kier alpha value is -3.17. The molecule has 4 aromatic carbocycles. The molecule has 0 bridgehead atoms. The molecule has 0 radical (unpaired) electrons. The molecule has 28 heavy (non-hydrogen) atoms. The molecule has 0 saturated heterocycles. The highest BCUT2D eigenvalue weighted by atomic mass is 79.9. The number of halogens is 1. The molecule has 0 amide bonds. The fourth-order valence-corrected chi connectivity index (χ4v) is 3.78.